The van der Waals surface area contributed by atoms with Crippen LogP contribution in [-0.2, 0) is 30.0 Å². The molecular weight excluding hydrogens is 478 g/mol. The van der Waals surface area contributed by atoms with Crippen LogP contribution in [0.25, 0.3) is 0 Å². The van der Waals surface area contributed by atoms with Crippen LogP contribution in [0.3, 0.4) is 0 Å². The molecule has 1 atom stereocenters. The van der Waals surface area contributed by atoms with Gasteiger partial charge in [0.05, 0.1) is 18.3 Å². The predicted molar refractivity (Wildman–Crippen MR) is 143 cm³/mol. The first kappa shape index (κ1) is 29.7. The Morgan fingerprint density at radius 1 is 1.14 bits per heavy atom. The number of amides is 2. The number of aromatic nitrogens is 3. The third-order valence-electron chi connectivity index (χ3n) is 5.96. The van der Waals surface area contributed by atoms with Crippen molar-refractivity contribution < 1.29 is 13.2 Å². The Kier molecular flexibility index (Phi) is 11.8. The summed E-state index contributed by atoms with van der Waals surface area (Å²) < 4.78 is 30.5. The number of aryl methyl sites for hydroxylation is 2. The Morgan fingerprint density at radius 3 is 2.42 bits per heavy atom. The van der Waals surface area contributed by atoms with Gasteiger partial charge in [-0.2, -0.15) is 5.10 Å². The number of nitrogens with zero attached hydrogens (tertiary/aromatic N) is 5. The maximum absolute atomic E-state index is 13.0. The molecule has 0 aliphatic rings. The molecule has 0 aliphatic carbocycles. The van der Waals surface area contributed by atoms with Crippen LogP contribution in [0.15, 0.2) is 30.3 Å². The largest absolute Gasteiger partial charge is 0.336 e. The number of benzene rings is 1. The van der Waals surface area contributed by atoms with Crippen LogP contribution in [0.4, 0.5) is 4.79 Å². The van der Waals surface area contributed by atoms with E-state index in [2.05, 4.69) is 38.9 Å². The highest BCUT2D eigenvalue weighted by Gasteiger charge is 2.25. The Bertz CT molecular complexity index is 1040. The van der Waals surface area contributed by atoms with Crippen LogP contribution in [0.5, 0.6) is 0 Å². The number of carbonyl (C=O) groups excluding carboxylic acids is 1. The summed E-state index contributed by atoms with van der Waals surface area (Å²) in [5.74, 6) is 1.04. The van der Waals surface area contributed by atoms with Crippen molar-refractivity contribution >= 4 is 16.1 Å². The van der Waals surface area contributed by atoms with E-state index in [-0.39, 0.29) is 24.4 Å². The molecule has 1 aromatic carbocycles. The number of sulfonamides is 1. The van der Waals surface area contributed by atoms with Crippen LogP contribution < -0.4 is 10.0 Å². The van der Waals surface area contributed by atoms with Gasteiger partial charge < -0.3 is 15.1 Å². The molecule has 0 aliphatic heterocycles. The van der Waals surface area contributed by atoms with Gasteiger partial charge in [-0.3, -0.25) is 4.68 Å². The zero-order valence-electron chi connectivity index (χ0n) is 22.6. The Labute approximate surface area is 216 Å². The molecule has 0 radical (unpaired) electrons. The number of hydrogen-bond donors (Lipinski definition) is 2. The Hall–Kier alpha value is -2.50. The minimum absolute atomic E-state index is 0.0192. The van der Waals surface area contributed by atoms with Crippen molar-refractivity contribution in [1.29, 1.82) is 0 Å². The topological polar surface area (TPSA) is 112 Å². The molecule has 2 amide bonds. The molecule has 0 spiro atoms. The lowest BCUT2D eigenvalue weighted by molar-refractivity contribution is 0.203. The highest BCUT2D eigenvalue weighted by molar-refractivity contribution is 7.89. The lowest BCUT2D eigenvalue weighted by Crippen LogP contribution is -2.40. The van der Waals surface area contributed by atoms with Crippen LogP contribution in [-0.4, -0.2) is 77.5 Å². The fourth-order valence-corrected chi connectivity index (χ4v) is 5.24. The number of nitrogens with one attached hydrogen (secondary N) is 2. The van der Waals surface area contributed by atoms with Gasteiger partial charge in [0.1, 0.15) is 5.82 Å². The summed E-state index contributed by atoms with van der Waals surface area (Å²) in [4.78, 5) is 20.6. The SMILES string of the molecule is CCN(CC)CCCS(=O)(=O)N[C@H](CCc1ccccc1)c1nc(CN(C)C(=O)NC(C)C)nn1C. The van der Waals surface area contributed by atoms with E-state index < -0.39 is 16.1 Å². The molecule has 0 saturated heterocycles. The second kappa shape index (κ2) is 14.3. The minimum Gasteiger partial charge on any atom is -0.336 e. The first-order chi connectivity index (χ1) is 17.0. The van der Waals surface area contributed by atoms with E-state index in [0.717, 1.165) is 25.2 Å². The second-order valence-corrected chi connectivity index (χ2v) is 11.2. The fourth-order valence-electron chi connectivity index (χ4n) is 3.95. The van der Waals surface area contributed by atoms with Gasteiger partial charge >= 0.3 is 6.03 Å². The molecule has 2 aromatic rings. The highest BCUT2D eigenvalue weighted by atomic mass is 32.2. The maximum Gasteiger partial charge on any atom is 0.317 e. The van der Waals surface area contributed by atoms with Crippen LogP contribution in [0.2, 0.25) is 0 Å². The van der Waals surface area contributed by atoms with Crippen molar-refractivity contribution in [2.45, 2.75) is 65.6 Å². The summed E-state index contributed by atoms with van der Waals surface area (Å²) in [6.45, 7) is 10.7. The fraction of sp³-hybridized carbons (Fsp3) is 0.640. The van der Waals surface area contributed by atoms with E-state index in [9.17, 15) is 13.2 Å². The van der Waals surface area contributed by atoms with Gasteiger partial charge in [0, 0.05) is 20.1 Å². The van der Waals surface area contributed by atoms with Gasteiger partial charge in [0.2, 0.25) is 10.0 Å². The zero-order chi connectivity index (χ0) is 26.7. The van der Waals surface area contributed by atoms with Gasteiger partial charge in [0.15, 0.2) is 5.82 Å². The highest BCUT2D eigenvalue weighted by Crippen LogP contribution is 2.20. The summed E-state index contributed by atoms with van der Waals surface area (Å²) in [7, 11) is -0.101. The van der Waals surface area contributed by atoms with E-state index in [1.165, 1.54) is 4.90 Å². The zero-order valence-corrected chi connectivity index (χ0v) is 23.4. The van der Waals surface area contributed by atoms with Crippen molar-refractivity contribution in [2.75, 3.05) is 32.4 Å². The van der Waals surface area contributed by atoms with E-state index in [4.69, 9.17) is 0 Å². The first-order valence-corrected chi connectivity index (χ1v) is 14.4. The minimum atomic E-state index is -3.54. The summed E-state index contributed by atoms with van der Waals surface area (Å²) in [5.41, 5.74) is 1.12. The second-order valence-electron chi connectivity index (χ2n) is 9.36. The van der Waals surface area contributed by atoms with Crippen LogP contribution in [0.1, 0.15) is 63.8 Å². The number of hydrogen-bond acceptors (Lipinski definition) is 6. The molecule has 36 heavy (non-hydrogen) atoms. The Balaban J connectivity index is 2.18. The quantitative estimate of drug-likeness (QED) is 0.373. The molecule has 0 saturated carbocycles. The van der Waals surface area contributed by atoms with Crippen LogP contribution in [0, 0.1) is 0 Å². The van der Waals surface area contributed by atoms with Crippen molar-refractivity contribution in [2.24, 2.45) is 7.05 Å². The third-order valence-corrected chi connectivity index (χ3v) is 7.43. The van der Waals surface area contributed by atoms with Gasteiger partial charge in [-0.15, -0.1) is 0 Å². The van der Waals surface area contributed by atoms with Crippen LogP contribution >= 0.6 is 0 Å². The van der Waals surface area contributed by atoms with Crippen molar-refractivity contribution in [1.82, 2.24) is 34.6 Å². The van der Waals surface area contributed by atoms with E-state index in [0.29, 0.717) is 30.9 Å². The van der Waals surface area contributed by atoms with Crippen molar-refractivity contribution in [3.05, 3.63) is 47.5 Å². The van der Waals surface area contributed by atoms with Gasteiger partial charge in [0.25, 0.3) is 0 Å². The molecule has 202 valence electrons. The third kappa shape index (κ3) is 9.87. The molecule has 2 N–H and O–H groups in total. The molecule has 2 rings (SSSR count). The van der Waals surface area contributed by atoms with Gasteiger partial charge in [-0.05, 0) is 58.3 Å². The monoisotopic (exact) mass is 521 g/mol. The molecule has 11 heteroatoms. The Morgan fingerprint density at radius 2 is 1.81 bits per heavy atom. The number of urea groups is 1. The molecular formula is C25H43N7O3S. The summed E-state index contributed by atoms with van der Waals surface area (Å²) in [6, 6.07) is 9.23. The average molecular weight is 522 g/mol. The molecule has 1 aromatic heterocycles. The first-order valence-electron chi connectivity index (χ1n) is 12.7. The maximum atomic E-state index is 13.0. The molecule has 1 heterocycles. The number of rotatable bonds is 15. The number of carbonyl (C=O) groups is 1. The average Bonchev–Trinajstić information content (AvgIpc) is 3.19. The van der Waals surface area contributed by atoms with Crippen molar-refractivity contribution in [3.8, 4) is 0 Å². The van der Waals surface area contributed by atoms with Gasteiger partial charge in [-0.1, -0.05) is 44.2 Å². The predicted octanol–water partition coefficient (Wildman–Crippen LogP) is 2.69. The lowest BCUT2D eigenvalue weighted by atomic mass is 10.1. The molecule has 0 fully saturated rings. The van der Waals surface area contributed by atoms with E-state index in [1.54, 1.807) is 18.8 Å². The summed E-state index contributed by atoms with van der Waals surface area (Å²) in [6.07, 6.45) is 1.78. The van der Waals surface area contributed by atoms with Gasteiger partial charge in [-0.25, -0.2) is 22.9 Å². The summed E-state index contributed by atoms with van der Waals surface area (Å²) >= 11 is 0. The summed E-state index contributed by atoms with van der Waals surface area (Å²) in [5, 5.41) is 7.31. The molecule has 0 bridgehead atoms. The lowest BCUT2D eigenvalue weighted by Gasteiger charge is -2.20. The standard InChI is InChI=1S/C25H43N7O3S/c1-7-32(8-2)17-12-18-36(34,35)29-22(16-15-21-13-10-9-11-14-21)24-27-23(28-31(24)6)19-30(5)25(33)26-20(3)4/h9-11,13-14,20,22,29H,7-8,12,15-19H2,1-6H3,(H,26,33)/t22-/m1/s1. The molecule has 10 nitrogen and oxygen atoms in total. The van der Waals surface area contributed by atoms with Crippen molar-refractivity contribution in [3.63, 3.8) is 0 Å². The van der Waals surface area contributed by atoms with E-state index >= 15 is 0 Å². The van der Waals surface area contributed by atoms with E-state index in [1.807, 2.05) is 44.2 Å². The normalized spacial score (nSPS) is 12.8. The smallest absolute Gasteiger partial charge is 0.317 e. The molecule has 0 unspecified atom stereocenters.